The van der Waals surface area contributed by atoms with Gasteiger partial charge in [0.1, 0.15) is 10.7 Å². The van der Waals surface area contributed by atoms with Gasteiger partial charge < -0.3 is 9.80 Å². The second-order valence-electron chi connectivity index (χ2n) is 5.17. The molecule has 2 heterocycles. The van der Waals surface area contributed by atoms with E-state index in [0.717, 1.165) is 0 Å². The highest BCUT2D eigenvalue weighted by Crippen LogP contribution is 2.34. The van der Waals surface area contributed by atoms with Crippen molar-refractivity contribution in [1.82, 2.24) is 9.88 Å². The fraction of sp³-hybridized carbons (Fsp3) is 0.500. The van der Waals surface area contributed by atoms with E-state index >= 15 is 0 Å². The number of carbonyl (C=O) groups excluding carboxylic acids is 1. The lowest BCUT2D eigenvalue weighted by atomic mass is 9.97. The lowest BCUT2D eigenvalue weighted by Gasteiger charge is -2.45. The van der Waals surface area contributed by atoms with Gasteiger partial charge in [0.15, 0.2) is 0 Å². The van der Waals surface area contributed by atoms with Crippen molar-refractivity contribution in [1.29, 1.82) is 0 Å². The first-order valence-electron chi connectivity index (χ1n) is 6.09. The highest BCUT2D eigenvalue weighted by molar-refractivity contribution is 6.29. The molecule has 1 fully saturated rings. The molecule has 0 atom stereocenters. The summed E-state index contributed by atoms with van der Waals surface area (Å²) in [6.45, 7) is 4.38. The zero-order valence-corrected chi connectivity index (χ0v) is 12.2. The predicted molar refractivity (Wildman–Crippen MR) is 75.0 cm³/mol. The van der Waals surface area contributed by atoms with Gasteiger partial charge in [-0.1, -0.05) is 11.6 Å². The number of anilines is 1. The fourth-order valence-electron chi connectivity index (χ4n) is 2.34. The van der Waals surface area contributed by atoms with Crippen LogP contribution in [0.2, 0.25) is 5.15 Å². The molecule has 0 spiro atoms. The van der Waals surface area contributed by atoms with E-state index in [1.165, 1.54) is 12.1 Å². The summed E-state index contributed by atoms with van der Waals surface area (Å²) < 4.78 is 0. The first-order valence-corrected chi connectivity index (χ1v) is 6.47. The van der Waals surface area contributed by atoms with E-state index in [9.17, 15) is 14.9 Å². The number of piperazine rings is 1. The molecule has 0 N–H and O–H groups in total. The number of halogens is 1. The largest absolute Gasteiger partial charge is 0.342 e. The Kier molecular flexibility index (Phi) is 3.56. The fourth-order valence-corrected chi connectivity index (χ4v) is 2.49. The van der Waals surface area contributed by atoms with E-state index in [1.807, 2.05) is 0 Å². The molecule has 1 amide bonds. The smallest absolute Gasteiger partial charge is 0.311 e. The number of nitrogens with zero attached hydrogens (tertiary/aromatic N) is 4. The number of pyridine rings is 1. The molecule has 1 saturated heterocycles. The van der Waals surface area contributed by atoms with Crippen LogP contribution in [-0.4, -0.2) is 46.4 Å². The van der Waals surface area contributed by atoms with E-state index in [4.69, 9.17) is 11.6 Å². The van der Waals surface area contributed by atoms with Crippen LogP contribution >= 0.6 is 11.6 Å². The lowest BCUT2D eigenvalue weighted by molar-refractivity contribution is -0.384. The minimum atomic E-state index is -0.907. The molecule has 20 heavy (non-hydrogen) atoms. The van der Waals surface area contributed by atoms with Crippen molar-refractivity contribution in [2.75, 3.05) is 25.0 Å². The third kappa shape index (κ3) is 2.29. The van der Waals surface area contributed by atoms with Crippen LogP contribution in [0.25, 0.3) is 0 Å². The number of nitro groups is 1. The molecule has 8 heteroatoms. The van der Waals surface area contributed by atoms with E-state index in [-0.39, 0.29) is 22.6 Å². The molecule has 0 aliphatic carbocycles. The highest BCUT2D eigenvalue weighted by atomic mass is 35.5. The lowest BCUT2D eigenvalue weighted by Crippen LogP contribution is -2.62. The Balaban J connectivity index is 2.53. The molecule has 1 aliphatic rings. The van der Waals surface area contributed by atoms with Crippen LogP contribution in [-0.2, 0) is 4.79 Å². The van der Waals surface area contributed by atoms with Crippen molar-refractivity contribution in [2.24, 2.45) is 0 Å². The average Bonchev–Trinajstić information content (AvgIpc) is 2.35. The summed E-state index contributed by atoms with van der Waals surface area (Å²) >= 11 is 5.84. The summed E-state index contributed by atoms with van der Waals surface area (Å²) in [5, 5.41) is 11.3. The van der Waals surface area contributed by atoms with Crippen LogP contribution in [0.15, 0.2) is 12.1 Å². The van der Waals surface area contributed by atoms with Crippen LogP contribution in [0.1, 0.15) is 13.8 Å². The van der Waals surface area contributed by atoms with Gasteiger partial charge in [0.05, 0.1) is 4.92 Å². The number of hydrogen-bond acceptors (Lipinski definition) is 5. The summed E-state index contributed by atoms with van der Waals surface area (Å²) in [5.74, 6) is 0.0220. The second kappa shape index (κ2) is 4.90. The normalized spacial score (nSPS) is 18.3. The molecular formula is C12H15ClN4O3. The Hall–Kier alpha value is -1.89. The number of amides is 1. The number of carbonyl (C=O) groups is 1. The number of likely N-dealkylation sites (N-methyl/N-ethyl adjacent to an activating group) is 1. The van der Waals surface area contributed by atoms with Crippen molar-refractivity contribution in [2.45, 2.75) is 19.4 Å². The van der Waals surface area contributed by atoms with E-state index in [2.05, 4.69) is 4.98 Å². The first kappa shape index (κ1) is 14.5. The zero-order chi connectivity index (χ0) is 15.1. The van der Waals surface area contributed by atoms with Crippen LogP contribution in [0, 0.1) is 10.1 Å². The maximum absolute atomic E-state index is 12.3. The second-order valence-corrected chi connectivity index (χ2v) is 5.56. The van der Waals surface area contributed by atoms with Gasteiger partial charge in [-0.3, -0.25) is 14.9 Å². The first-order chi connectivity index (χ1) is 9.25. The number of rotatable bonds is 2. The Labute approximate surface area is 121 Å². The Morgan fingerprint density at radius 3 is 2.65 bits per heavy atom. The van der Waals surface area contributed by atoms with Crippen molar-refractivity contribution in [3.8, 4) is 0 Å². The van der Waals surface area contributed by atoms with Crippen LogP contribution in [0.5, 0.6) is 0 Å². The molecule has 2 rings (SSSR count). The highest BCUT2D eigenvalue weighted by Gasteiger charge is 2.43. The molecule has 0 radical (unpaired) electrons. The maximum atomic E-state index is 12.3. The molecule has 7 nitrogen and oxygen atoms in total. The van der Waals surface area contributed by atoms with Crippen molar-refractivity contribution < 1.29 is 9.72 Å². The van der Waals surface area contributed by atoms with Gasteiger partial charge in [0.2, 0.25) is 11.7 Å². The van der Waals surface area contributed by atoms with Gasteiger partial charge in [-0.05, 0) is 19.9 Å². The summed E-state index contributed by atoms with van der Waals surface area (Å²) in [4.78, 5) is 30.2. The minimum absolute atomic E-state index is 0.111. The summed E-state index contributed by atoms with van der Waals surface area (Å²) in [6.07, 6.45) is 0. The molecule has 0 aromatic carbocycles. The standard InChI is InChI=1S/C12H15ClN4O3/c1-12(2)11(18)15(3)6-7-16(12)10-8(17(19)20)4-5-9(13)14-10/h4-5H,6-7H2,1-3H3. The third-order valence-electron chi connectivity index (χ3n) is 3.48. The monoisotopic (exact) mass is 298 g/mol. The molecule has 1 aromatic heterocycles. The number of aromatic nitrogens is 1. The molecule has 0 saturated carbocycles. The molecule has 1 aliphatic heterocycles. The van der Waals surface area contributed by atoms with Crippen LogP contribution < -0.4 is 4.90 Å². The SMILES string of the molecule is CN1CCN(c2nc(Cl)ccc2[N+](=O)[O-])C(C)(C)C1=O. The van der Waals surface area contributed by atoms with Gasteiger partial charge in [0.25, 0.3) is 0 Å². The maximum Gasteiger partial charge on any atom is 0.311 e. The topological polar surface area (TPSA) is 79.6 Å². The van der Waals surface area contributed by atoms with E-state index < -0.39 is 10.5 Å². The number of hydrogen-bond donors (Lipinski definition) is 0. The molecule has 0 unspecified atom stereocenters. The van der Waals surface area contributed by atoms with Gasteiger partial charge in [-0.15, -0.1) is 0 Å². The van der Waals surface area contributed by atoms with Crippen molar-refractivity contribution in [3.63, 3.8) is 0 Å². The summed E-state index contributed by atoms with van der Waals surface area (Å²) in [5.41, 5.74) is -1.06. The molecular weight excluding hydrogens is 284 g/mol. The predicted octanol–water partition coefficient (Wildman–Crippen LogP) is 1.70. The van der Waals surface area contributed by atoms with Crippen molar-refractivity contribution >= 4 is 29.0 Å². The minimum Gasteiger partial charge on any atom is -0.342 e. The Morgan fingerprint density at radius 1 is 1.40 bits per heavy atom. The average molecular weight is 299 g/mol. The quantitative estimate of drug-likeness (QED) is 0.472. The van der Waals surface area contributed by atoms with Gasteiger partial charge in [-0.2, -0.15) is 0 Å². The molecule has 1 aromatic rings. The van der Waals surface area contributed by atoms with E-state index in [0.29, 0.717) is 13.1 Å². The summed E-state index contributed by atoms with van der Waals surface area (Å²) in [6, 6.07) is 2.68. The molecule has 0 bridgehead atoms. The van der Waals surface area contributed by atoms with Crippen molar-refractivity contribution in [3.05, 3.63) is 27.4 Å². The molecule has 108 valence electrons. The third-order valence-corrected chi connectivity index (χ3v) is 3.69. The van der Waals surface area contributed by atoms with Crippen LogP contribution in [0.3, 0.4) is 0 Å². The van der Waals surface area contributed by atoms with E-state index in [1.54, 1.807) is 30.7 Å². The van der Waals surface area contributed by atoms with Crippen LogP contribution in [0.4, 0.5) is 11.5 Å². The van der Waals surface area contributed by atoms with Gasteiger partial charge in [-0.25, -0.2) is 4.98 Å². The Morgan fingerprint density at radius 2 is 2.05 bits per heavy atom. The zero-order valence-electron chi connectivity index (χ0n) is 11.5. The van der Waals surface area contributed by atoms with Gasteiger partial charge in [0, 0.05) is 26.2 Å². The Bertz CT molecular complexity index is 576. The van der Waals surface area contributed by atoms with Gasteiger partial charge >= 0.3 is 5.69 Å². The summed E-state index contributed by atoms with van der Waals surface area (Å²) in [7, 11) is 1.71.